The summed E-state index contributed by atoms with van der Waals surface area (Å²) in [5.74, 6) is -0.609. The van der Waals surface area contributed by atoms with Crippen molar-refractivity contribution in [1.82, 2.24) is 24.5 Å². The molecule has 3 aromatic heterocycles. The number of H-pyrrole nitrogens is 1. The molecule has 0 saturated carbocycles. The van der Waals surface area contributed by atoms with Crippen LogP contribution in [0.15, 0.2) is 66.0 Å². The van der Waals surface area contributed by atoms with Crippen LogP contribution >= 0.6 is 0 Å². The lowest BCUT2D eigenvalue weighted by Crippen LogP contribution is -2.27. The number of para-hydroxylation sites is 1. The third-order valence-electron chi connectivity index (χ3n) is 5.40. The van der Waals surface area contributed by atoms with E-state index < -0.39 is 23.2 Å². The van der Waals surface area contributed by atoms with Gasteiger partial charge in [0.15, 0.2) is 11.5 Å². The third-order valence-corrected chi connectivity index (χ3v) is 5.40. The molecule has 0 aliphatic rings. The highest BCUT2D eigenvalue weighted by atomic mass is 19.1. The molecule has 7 nitrogen and oxygen atoms in total. The Morgan fingerprint density at radius 3 is 2.75 bits per heavy atom. The van der Waals surface area contributed by atoms with Gasteiger partial charge in [0.2, 0.25) is 0 Å². The fourth-order valence-electron chi connectivity index (χ4n) is 3.86. The number of imidazole rings is 1. The van der Waals surface area contributed by atoms with Crippen molar-refractivity contribution in [1.29, 1.82) is 0 Å². The highest BCUT2D eigenvalue weighted by molar-refractivity contribution is 5.84. The third kappa shape index (κ3) is 3.27. The number of aromatic nitrogens is 5. The van der Waals surface area contributed by atoms with Crippen LogP contribution in [0.4, 0.5) is 14.6 Å². The number of hydrogen-bond acceptors (Lipinski definition) is 5. The molecule has 2 aromatic carbocycles. The van der Waals surface area contributed by atoms with Crippen molar-refractivity contribution in [2.24, 2.45) is 0 Å². The van der Waals surface area contributed by atoms with E-state index in [1.165, 1.54) is 41.5 Å². The van der Waals surface area contributed by atoms with Crippen molar-refractivity contribution in [3.8, 4) is 5.69 Å². The summed E-state index contributed by atoms with van der Waals surface area (Å²) in [6, 6.07) is 11.4. The monoisotopic (exact) mass is 432 g/mol. The number of anilines is 1. The van der Waals surface area contributed by atoms with Crippen LogP contribution in [-0.4, -0.2) is 24.5 Å². The summed E-state index contributed by atoms with van der Waals surface area (Å²) in [6.07, 6.45) is 3.48. The quantitative estimate of drug-likeness (QED) is 0.427. The smallest absolute Gasteiger partial charge is 0.263 e. The largest absolute Gasteiger partial charge is 0.360 e. The lowest BCUT2D eigenvalue weighted by Gasteiger charge is -2.23. The van der Waals surface area contributed by atoms with Gasteiger partial charge in [-0.1, -0.05) is 25.1 Å². The predicted octanol–water partition coefficient (Wildman–Crippen LogP) is 4.50. The fraction of sp³-hybridized carbons (Fsp3) is 0.130. The Balaban J connectivity index is 1.75. The first-order valence-electron chi connectivity index (χ1n) is 10.1. The van der Waals surface area contributed by atoms with E-state index in [4.69, 9.17) is 0 Å². The van der Waals surface area contributed by atoms with E-state index in [0.29, 0.717) is 34.5 Å². The van der Waals surface area contributed by atoms with Crippen LogP contribution in [0.2, 0.25) is 0 Å². The maximum Gasteiger partial charge on any atom is 0.263 e. The summed E-state index contributed by atoms with van der Waals surface area (Å²) in [5.41, 5.74) is 1.22. The molecule has 5 aromatic rings. The van der Waals surface area contributed by atoms with Gasteiger partial charge in [-0.25, -0.2) is 23.7 Å². The molecular formula is C23H18F2N6O. The van der Waals surface area contributed by atoms with Gasteiger partial charge in [-0.2, -0.15) is 0 Å². The predicted molar refractivity (Wildman–Crippen MR) is 118 cm³/mol. The molecule has 0 amide bonds. The second-order valence-corrected chi connectivity index (χ2v) is 7.32. The molecule has 0 spiro atoms. The van der Waals surface area contributed by atoms with Crippen molar-refractivity contribution in [2.75, 3.05) is 5.32 Å². The number of hydrogen-bond donors (Lipinski definition) is 2. The van der Waals surface area contributed by atoms with Crippen molar-refractivity contribution in [3.63, 3.8) is 0 Å². The number of rotatable bonds is 5. The average molecular weight is 432 g/mol. The number of nitrogens with zero attached hydrogens (tertiary/aromatic N) is 4. The van der Waals surface area contributed by atoms with Gasteiger partial charge in [0, 0.05) is 5.69 Å². The minimum atomic E-state index is -0.557. The van der Waals surface area contributed by atoms with Gasteiger partial charge in [-0.3, -0.25) is 9.36 Å². The highest BCUT2D eigenvalue weighted by Crippen LogP contribution is 2.28. The number of halogens is 2. The Morgan fingerprint density at radius 1 is 1.09 bits per heavy atom. The van der Waals surface area contributed by atoms with Crippen molar-refractivity contribution < 1.29 is 8.78 Å². The maximum absolute atomic E-state index is 14.8. The Hall–Kier alpha value is -4.14. The average Bonchev–Trinajstić information content (AvgIpc) is 3.28. The SMILES string of the molecule is CC[C@H](Nc1ncnc2[nH]cnc12)c1cc2ccc(F)cc2c(=O)n1-c1ccccc1F. The summed E-state index contributed by atoms with van der Waals surface area (Å²) in [5, 5.41) is 4.05. The topological polar surface area (TPSA) is 88.5 Å². The van der Waals surface area contributed by atoms with Crippen LogP contribution in [0.5, 0.6) is 0 Å². The van der Waals surface area contributed by atoms with Gasteiger partial charge >= 0.3 is 0 Å². The zero-order chi connectivity index (χ0) is 22.2. The van der Waals surface area contributed by atoms with Crippen LogP contribution in [0.1, 0.15) is 25.1 Å². The molecule has 5 rings (SSSR count). The first-order chi connectivity index (χ1) is 15.6. The van der Waals surface area contributed by atoms with E-state index in [-0.39, 0.29) is 11.1 Å². The first-order valence-corrected chi connectivity index (χ1v) is 10.1. The van der Waals surface area contributed by atoms with E-state index in [9.17, 15) is 13.6 Å². The van der Waals surface area contributed by atoms with Crippen LogP contribution < -0.4 is 10.9 Å². The van der Waals surface area contributed by atoms with Gasteiger partial charge in [0.05, 0.1) is 23.4 Å². The maximum atomic E-state index is 14.8. The number of pyridine rings is 1. The Bertz CT molecular complexity index is 1510. The van der Waals surface area contributed by atoms with E-state index in [0.717, 1.165) is 0 Å². The second-order valence-electron chi connectivity index (χ2n) is 7.32. The van der Waals surface area contributed by atoms with Crippen LogP contribution in [0.3, 0.4) is 0 Å². The fourth-order valence-corrected chi connectivity index (χ4v) is 3.86. The van der Waals surface area contributed by atoms with Gasteiger partial charge < -0.3 is 10.3 Å². The molecule has 0 aliphatic heterocycles. The number of benzene rings is 2. The van der Waals surface area contributed by atoms with E-state index in [1.807, 2.05) is 6.92 Å². The molecule has 32 heavy (non-hydrogen) atoms. The van der Waals surface area contributed by atoms with Gasteiger partial charge in [-0.05, 0) is 42.1 Å². The number of nitrogens with one attached hydrogen (secondary N) is 2. The van der Waals surface area contributed by atoms with Gasteiger partial charge in [0.1, 0.15) is 23.5 Å². The lowest BCUT2D eigenvalue weighted by atomic mass is 10.0. The van der Waals surface area contributed by atoms with Gasteiger partial charge in [-0.15, -0.1) is 0 Å². The van der Waals surface area contributed by atoms with Crippen LogP contribution in [0, 0.1) is 11.6 Å². The Labute approximate surface area is 180 Å². The Kier molecular flexibility index (Phi) is 4.85. The van der Waals surface area contributed by atoms with Crippen LogP contribution in [-0.2, 0) is 0 Å². The summed E-state index contributed by atoms with van der Waals surface area (Å²) in [6.45, 7) is 1.94. The van der Waals surface area contributed by atoms with E-state index in [1.54, 1.807) is 24.3 Å². The first kappa shape index (κ1) is 19.8. The zero-order valence-corrected chi connectivity index (χ0v) is 17.0. The minimum absolute atomic E-state index is 0.0894. The molecule has 0 bridgehead atoms. The summed E-state index contributed by atoms with van der Waals surface area (Å²) < 4.78 is 30.0. The molecule has 0 unspecified atom stereocenters. The number of fused-ring (bicyclic) bond motifs is 2. The highest BCUT2D eigenvalue weighted by Gasteiger charge is 2.22. The molecule has 0 fully saturated rings. The zero-order valence-electron chi connectivity index (χ0n) is 17.0. The molecule has 9 heteroatoms. The summed E-state index contributed by atoms with van der Waals surface area (Å²) >= 11 is 0. The molecule has 3 heterocycles. The molecule has 2 N–H and O–H groups in total. The molecule has 0 radical (unpaired) electrons. The normalized spacial score (nSPS) is 12.3. The van der Waals surface area contributed by atoms with Crippen molar-refractivity contribution in [2.45, 2.75) is 19.4 Å². The number of aromatic amines is 1. The summed E-state index contributed by atoms with van der Waals surface area (Å²) in [7, 11) is 0. The molecular weight excluding hydrogens is 414 g/mol. The van der Waals surface area contributed by atoms with E-state index >= 15 is 0 Å². The Morgan fingerprint density at radius 2 is 1.94 bits per heavy atom. The molecule has 0 saturated heterocycles. The van der Waals surface area contributed by atoms with E-state index in [2.05, 4.69) is 25.3 Å². The van der Waals surface area contributed by atoms with Gasteiger partial charge in [0.25, 0.3) is 5.56 Å². The molecule has 160 valence electrons. The summed E-state index contributed by atoms with van der Waals surface area (Å²) in [4.78, 5) is 29.1. The standard InChI is InChI=1S/C23H18F2N6O/c1-2-17(30-22-20-21(27-11-26-20)28-12-29-22)19-9-13-7-8-14(24)10-15(13)23(32)31(19)18-6-4-3-5-16(18)25/h3-12,17H,2H2,1H3,(H2,26,27,28,29,30)/t17-/m0/s1. The van der Waals surface area contributed by atoms with Crippen molar-refractivity contribution >= 4 is 27.8 Å². The minimum Gasteiger partial charge on any atom is -0.360 e. The van der Waals surface area contributed by atoms with Crippen molar-refractivity contribution in [3.05, 3.63) is 88.9 Å². The lowest BCUT2D eigenvalue weighted by molar-refractivity contribution is 0.605. The second kappa shape index (κ2) is 7.84. The van der Waals surface area contributed by atoms with Crippen LogP contribution in [0.25, 0.3) is 27.6 Å². The molecule has 0 aliphatic carbocycles. The molecule has 1 atom stereocenters.